The van der Waals surface area contributed by atoms with Crippen LogP contribution in [0.2, 0.25) is 4.34 Å². The van der Waals surface area contributed by atoms with Gasteiger partial charge in [0.25, 0.3) is 0 Å². The fraction of sp³-hybridized carbons (Fsp3) is 0.286. The highest BCUT2D eigenvalue weighted by molar-refractivity contribution is 7.16. The average Bonchev–Trinajstić information content (AvgIpc) is 2.75. The van der Waals surface area contributed by atoms with E-state index in [0.717, 1.165) is 21.2 Å². The van der Waals surface area contributed by atoms with Gasteiger partial charge >= 0.3 is 0 Å². The van der Waals surface area contributed by atoms with E-state index in [0.29, 0.717) is 6.42 Å². The summed E-state index contributed by atoms with van der Waals surface area (Å²) in [6, 6.07) is 12.0. The normalized spacial score (nSPS) is 12.6. The van der Waals surface area contributed by atoms with Gasteiger partial charge in [-0.25, -0.2) is 0 Å². The van der Waals surface area contributed by atoms with Gasteiger partial charge in [-0.05, 0) is 29.7 Å². The topological polar surface area (TPSA) is 20.2 Å². The third-order valence-corrected chi connectivity index (χ3v) is 4.05. The molecule has 0 aliphatic carbocycles. The third-order valence-electron chi connectivity index (χ3n) is 2.80. The Morgan fingerprint density at radius 3 is 2.41 bits per heavy atom. The summed E-state index contributed by atoms with van der Waals surface area (Å²) in [5.74, 6) is 0. The van der Waals surface area contributed by atoms with Crippen LogP contribution >= 0.6 is 22.9 Å². The zero-order valence-electron chi connectivity index (χ0n) is 9.69. The molecule has 1 aromatic carbocycles. The fourth-order valence-electron chi connectivity index (χ4n) is 1.75. The number of thiophene rings is 1. The molecule has 0 aliphatic rings. The van der Waals surface area contributed by atoms with E-state index < -0.39 is 6.10 Å². The first-order chi connectivity index (χ1) is 8.19. The summed E-state index contributed by atoms with van der Waals surface area (Å²) in [7, 11) is 0. The van der Waals surface area contributed by atoms with Gasteiger partial charge in [-0.3, -0.25) is 0 Å². The number of aliphatic hydroxyl groups excluding tert-OH is 1. The molecule has 1 N–H and O–H groups in total. The molecule has 1 heterocycles. The van der Waals surface area contributed by atoms with Crippen molar-refractivity contribution in [3.05, 3.63) is 56.7 Å². The van der Waals surface area contributed by atoms with E-state index in [4.69, 9.17) is 11.6 Å². The van der Waals surface area contributed by atoms with Gasteiger partial charge in [0, 0.05) is 11.3 Å². The summed E-state index contributed by atoms with van der Waals surface area (Å²) in [5.41, 5.74) is 2.26. The number of aryl methyl sites for hydroxylation is 1. The molecule has 1 unspecified atom stereocenters. The van der Waals surface area contributed by atoms with Gasteiger partial charge in [0.1, 0.15) is 0 Å². The second kappa shape index (κ2) is 5.67. The molecule has 1 atom stereocenters. The van der Waals surface area contributed by atoms with Crippen molar-refractivity contribution in [3.8, 4) is 0 Å². The van der Waals surface area contributed by atoms with Gasteiger partial charge in [-0.1, -0.05) is 42.8 Å². The lowest BCUT2D eigenvalue weighted by Gasteiger charge is -2.10. The van der Waals surface area contributed by atoms with Crippen LogP contribution in [0.15, 0.2) is 36.4 Å². The molecule has 2 aromatic rings. The maximum Gasteiger partial charge on any atom is 0.0931 e. The van der Waals surface area contributed by atoms with Crippen molar-refractivity contribution in [3.63, 3.8) is 0 Å². The van der Waals surface area contributed by atoms with Gasteiger partial charge in [0.05, 0.1) is 10.4 Å². The number of hydrogen-bond donors (Lipinski definition) is 1. The summed E-state index contributed by atoms with van der Waals surface area (Å²) in [6.07, 6.45) is 1.20. The average molecular weight is 267 g/mol. The standard InChI is InChI=1S/C14H15ClOS/c1-2-10-3-5-11(6-4-10)13(16)9-12-7-8-14(15)17-12/h3-8,13,16H,2,9H2,1H3. The van der Waals surface area contributed by atoms with Crippen LogP contribution in [0.5, 0.6) is 0 Å². The molecule has 1 nitrogen and oxygen atoms in total. The predicted molar refractivity (Wildman–Crippen MR) is 73.8 cm³/mol. The smallest absolute Gasteiger partial charge is 0.0931 e. The van der Waals surface area contributed by atoms with Crippen molar-refractivity contribution < 1.29 is 5.11 Å². The van der Waals surface area contributed by atoms with E-state index in [1.165, 1.54) is 16.9 Å². The summed E-state index contributed by atoms with van der Waals surface area (Å²) in [4.78, 5) is 1.11. The quantitative estimate of drug-likeness (QED) is 0.878. The molecule has 17 heavy (non-hydrogen) atoms. The molecule has 0 spiro atoms. The van der Waals surface area contributed by atoms with Crippen molar-refractivity contribution in [1.29, 1.82) is 0 Å². The number of hydrogen-bond acceptors (Lipinski definition) is 2. The highest BCUT2D eigenvalue weighted by Gasteiger charge is 2.09. The molecule has 90 valence electrons. The molecule has 0 saturated carbocycles. The van der Waals surface area contributed by atoms with Crippen LogP contribution in [0.1, 0.15) is 29.0 Å². The number of aliphatic hydroxyl groups is 1. The van der Waals surface area contributed by atoms with Crippen molar-refractivity contribution >= 4 is 22.9 Å². The van der Waals surface area contributed by atoms with Gasteiger partial charge < -0.3 is 5.11 Å². The van der Waals surface area contributed by atoms with E-state index in [9.17, 15) is 5.11 Å². The van der Waals surface area contributed by atoms with Gasteiger partial charge in [-0.15, -0.1) is 11.3 Å². The monoisotopic (exact) mass is 266 g/mol. The van der Waals surface area contributed by atoms with Gasteiger partial charge in [0.2, 0.25) is 0 Å². The van der Waals surface area contributed by atoms with Crippen LogP contribution in [-0.4, -0.2) is 5.11 Å². The van der Waals surface area contributed by atoms with E-state index in [-0.39, 0.29) is 0 Å². The van der Waals surface area contributed by atoms with Crippen molar-refractivity contribution in [1.82, 2.24) is 0 Å². The SMILES string of the molecule is CCc1ccc(C(O)Cc2ccc(Cl)s2)cc1. The van der Waals surface area contributed by atoms with Crippen LogP contribution in [-0.2, 0) is 12.8 Å². The van der Waals surface area contributed by atoms with E-state index in [1.807, 2.05) is 24.3 Å². The first-order valence-electron chi connectivity index (χ1n) is 5.70. The Morgan fingerprint density at radius 1 is 1.18 bits per heavy atom. The number of rotatable bonds is 4. The Labute approximate surface area is 111 Å². The van der Waals surface area contributed by atoms with Crippen LogP contribution in [0.25, 0.3) is 0 Å². The summed E-state index contributed by atoms with van der Waals surface area (Å²) < 4.78 is 0.772. The highest BCUT2D eigenvalue weighted by Crippen LogP contribution is 2.26. The summed E-state index contributed by atoms with van der Waals surface area (Å²) >= 11 is 7.39. The Kier molecular flexibility index (Phi) is 4.21. The van der Waals surface area contributed by atoms with Crippen molar-refractivity contribution in [2.24, 2.45) is 0 Å². The zero-order chi connectivity index (χ0) is 12.3. The first-order valence-corrected chi connectivity index (χ1v) is 6.89. The summed E-state index contributed by atoms with van der Waals surface area (Å²) in [6.45, 7) is 2.12. The predicted octanol–water partition coefficient (Wildman–Crippen LogP) is 4.24. The lowest BCUT2D eigenvalue weighted by molar-refractivity contribution is 0.179. The highest BCUT2D eigenvalue weighted by atomic mass is 35.5. The van der Waals surface area contributed by atoms with Crippen LogP contribution < -0.4 is 0 Å². The van der Waals surface area contributed by atoms with Gasteiger partial charge in [0.15, 0.2) is 0 Å². The number of halogens is 1. The van der Waals surface area contributed by atoms with Crippen LogP contribution in [0, 0.1) is 0 Å². The van der Waals surface area contributed by atoms with E-state index in [1.54, 1.807) is 0 Å². The molecule has 0 fully saturated rings. The molecule has 0 radical (unpaired) electrons. The Bertz CT molecular complexity index is 475. The Balaban J connectivity index is 2.06. The Hall–Kier alpha value is -0.830. The number of benzene rings is 1. The lowest BCUT2D eigenvalue weighted by atomic mass is 10.0. The Morgan fingerprint density at radius 2 is 1.88 bits per heavy atom. The van der Waals surface area contributed by atoms with Crippen molar-refractivity contribution in [2.75, 3.05) is 0 Å². The van der Waals surface area contributed by atoms with Crippen LogP contribution in [0.4, 0.5) is 0 Å². The maximum atomic E-state index is 10.1. The fourth-order valence-corrected chi connectivity index (χ4v) is 2.87. The minimum absolute atomic E-state index is 0.448. The minimum Gasteiger partial charge on any atom is -0.388 e. The molecule has 2 rings (SSSR count). The van der Waals surface area contributed by atoms with E-state index in [2.05, 4.69) is 19.1 Å². The maximum absolute atomic E-state index is 10.1. The lowest BCUT2D eigenvalue weighted by Crippen LogP contribution is -2.00. The van der Waals surface area contributed by atoms with Crippen LogP contribution in [0.3, 0.4) is 0 Å². The molecule has 1 aromatic heterocycles. The molecule has 3 heteroatoms. The largest absolute Gasteiger partial charge is 0.388 e. The molecule has 0 bridgehead atoms. The molecule has 0 amide bonds. The first kappa shape index (κ1) is 12.6. The third kappa shape index (κ3) is 3.32. The second-order valence-corrected chi connectivity index (χ2v) is 5.82. The molecular weight excluding hydrogens is 252 g/mol. The van der Waals surface area contributed by atoms with E-state index >= 15 is 0 Å². The van der Waals surface area contributed by atoms with Gasteiger partial charge in [-0.2, -0.15) is 0 Å². The minimum atomic E-state index is -0.448. The summed E-state index contributed by atoms with van der Waals surface area (Å²) in [5, 5.41) is 10.1. The zero-order valence-corrected chi connectivity index (χ0v) is 11.3. The molecular formula is C14H15ClOS. The second-order valence-electron chi connectivity index (χ2n) is 4.02. The molecule has 0 aliphatic heterocycles. The van der Waals surface area contributed by atoms with Crippen molar-refractivity contribution in [2.45, 2.75) is 25.9 Å². The molecule has 0 saturated heterocycles.